The molecule has 0 aliphatic heterocycles. The van der Waals surface area contributed by atoms with E-state index in [4.69, 9.17) is 23.7 Å². The average molecular weight is 862 g/mol. The fraction of sp³-hybridized carbons (Fsp3) is 0.423. The summed E-state index contributed by atoms with van der Waals surface area (Å²) >= 11 is 0. The summed E-state index contributed by atoms with van der Waals surface area (Å²) in [5.41, 5.74) is 3.97. The Balaban J connectivity index is 0.00000898. The predicted octanol–water partition coefficient (Wildman–Crippen LogP) is 13.2. The minimum atomic E-state index is -0.758. The first kappa shape index (κ1) is 48.4. The van der Waals surface area contributed by atoms with Crippen molar-refractivity contribution in [2.75, 3.05) is 38.4 Å². The lowest BCUT2D eigenvalue weighted by Crippen LogP contribution is -2.32. The number of aliphatic hydroxyl groups is 1. The van der Waals surface area contributed by atoms with E-state index >= 15 is 0 Å². The lowest BCUT2D eigenvalue weighted by atomic mass is 9.87. The summed E-state index contributed by atoms with van der Waals surface area (Å²) in [5.74, 6) is 0.399. The molecule has 0 saturated heterocycles. The molecule has 0 aromatic heterocycles. The Morgan fingerprint density at radius 2 is 1.29 bits per heavy atom. The van der Waals surface area contributed by atoms with E-state index in [0.29, 0.717) is 48.9 Å². The monoisotopic (exact) mass is 861 g/mol. The molecule has 2 N–H and O–H groups in total. The summed E-state index contributed by atoms with van der Waals surface area (Å²) < 4.78 is 28.0. The largest absolute Gasteiger partial charge is 0.494 e. The Morgan fingerprint density at radius 3 is 1.98 bits per heavy atom. The number of aliphatic hydroxyl groups excluding tert-OH is 1. The number of hydrogen-bond acceptors (Lipinski definition) is 11. The maximum Gasteiger partial charge on any atom is 0.343 e. The molecule has 0 bridgehead atoms. The van der Waals surface area contributed by atoms with Crippen LogP contribution in [0.1, 0.15) is 120 Å². The van der Waals surface area contributed by atoms with E-state index in [9.17, 15) is 14.7 Å². The number of carbonyl (C=O) groups is 2. The molecular formula is C52H67N3O8. The number of ether oxygens (including phenoxy) is 5. The fourth-order valence-corrected chi connectivity index (χ4v) is 7.01. The predicted molar refractivity (Wildman–Crippen MR) is 252 cm³/mol. The maximum atomic E-state index is 12.8. The first-order valence-corrected chi connectivity index (χ1v) is 22.5. The number of esters is 2. The molecule has 0 amide bonds. The minimum absolute atomic E-state index is 0. The van der Waals surface area contributed by atoms with Crippen molar-refractivity contribution >= 4 is 39.8 Å². The highest BCUT2D eigenvalue weighted by molar-refractivity contribution is 6.00. The Kier molecular flexibility index (Phi) is 20.1. The highest BCUT2D eigenvalue weighted by Gasteiger charge is 2.27. The number of azo groups is 1. The van der Waals surface area contributed by atoms with E-state index < -0.39 is 12.3 Å². The third-order valence-electron chi connectivity index (χ3n) is 10.8. The van der Waals surface area contributed by atoms with Gasteiger partial charge in [-0.1, -0.05) is 76.4 Å². The third kappa shape index (κ3) is 16.2. The molecular weight excluding hydrogens is 795 g/mol. The van der Waals surface area contributed by atoms with Crippen LogP contribution in [0.15, 0.2) is 119 Å². The van der Waals surface area contributed by atoms with Crippen molar-refractivity contribution in [2.24, 2.45) is 15.6 Å². The van der Waals surface area contributed by atoms with Crippen LogP contribution in [0.25, 0.3) is 10.8 Å². The molecule has 338 valence electrons. The molecule has 0 aliphatic carbocycles. The summed E-state index contributed by atoms with van der Waals surface area (Å²) in [7, 11) is 0. The van der Waals surface area contributed by atoms with Crippen LogP contribution in [0.3, 0.4) is 0 Å². The van der Waals surface area contributed by atoms with Gasteiger partial charge in [0.15, 0.2) is 6.29 Å². The number of anilines is 1. The van der Waals surface area contributed by atoms with Gasteiger partial charge in [-0.3, -0.25) is 0 Å². The molecule has 0 fully saturated rings. The molecule has 5 aromatic carbocycles. The number of fused-ring (bicyclic) bond motifs is 1. The second kappa shape index (κ2) is 26.1. The first-order valence-electron chi connectivity index (χ1n) is 22.5. The van der Waals surface area contributed by atoms with Gasteiger partial charge in [0.1, 0.15) is 11.5 Å². The summed E-state index contributed by atoms with van der Waals surface area (Å²) in [6, 6.07) is 33.3. The maximum absolute atomic E-state index is 12.8. The van der Waals surface area contributed by atoms with Crippen LogP contribution >= 0.6 is 0 Å². The lowest BCUT2D eigenvalue weighted by molar-refractivity contribution is -0.167. The summed E-state index contributed by atoms with van der Waals surface area (Å²) in [5, 5.41) is 24.8. The van der Waals surface area contributed by atoms with Crippen molar-refractivity contribution in [1.82, 2.24) is 0 Å². The van der Waals surface area contributed by atoms with Gasteiger partial charge in [0.25, 0.3) is 0 Å². The van der Waals surface area contributed by atoms with E-state index in [-0.39, 0.29) is 12.8 Å². The number of nitrogens with one attached hydrogen (secondary N) is 1. The smallest absolute Gasteiger partial charge is 0.343 e. The second-order valence-corrected chi connectivity index (χ2v) is 16.3. The highest BCUT2D eigenvalue weighted by atomic mass is 16.6. The molecule has 11 heteroatoms. The van der Waals surface area contributed by atoms with E-state index in [1.165, 1.54) is 0 Å². The number of benzene rings is 5. The zero-order valence-corrected chi connectivity index (χ0v) is 37.5. The van der Waals surface area contributed by atoms with Gasteiger partial charge < -0.3 is 34.1 Å². The molecule has 11 nitrogen and oxygen atoms in total. The Morgan fingerprint density at radius 1 is 0.667 bits per heavy atom. The van der Waals surface area contributed by atoms with E-state index in [0.717, 1.165) is 111 Å². The van der Waals surface area contributed by atoms with Crippen LogP contribution in [-0.4, -0.2) is 56.4 Å². The van der Waals surface area contributed by atoms with Crippen LogP contribution < -0.4 is 14.8 Å². The lowest BCUT2D eigenvalue weighted by Gasteiger charge is -2.29. The summed E-state index contributed by atoms with van der Waals surface area (Å²) in [6.07, 6.45) is 8.89. The number of carbonyl (C=O) groups excluding carboxylic acids is 2. The van der Waals surface area contributed by atoms with Crippen LogP contribution in [0, 0.1) is 5.41 Å². The van der Waals surface area contributed by atoms with Gasteiger partial charge in [0, 0.05) is 49.7 Å². The first-order chi connectivity index (χ1) is 30.7. The Bertz CT molecular complexity index is 2160. The third-order valence-corrected chi connectivity index (χ3v) is 10.8. The molecule has 5 aromatic rings. The van der Waals surface area contributed by atoms with Crippen LogP contribution in [0.4, 0.5) is 17.1 Å². The van der Waals surface area contributed by atoms with Gasteiger partial charge in [-0.15, -0.1) is 5.11 Å². The second-order valence-electron chi connectivity index (χ2n) is 16.3. The SMILES string of the molecule is CCCC(C)(C)C(O)OCCCCCCOC(=O)c1ccc(N=Nc2ccc(NCc3ccc(OC(=O)c4ccc(OCCCCCCOCC)cc4)cc3)c3ccccc23)cc1.[HH]. The average Bonchev–Trinajstić information content (AvgIpc) is 3.30. The molecule has 1 atom stereocenters. The van der Waals surface area contributed by atoms with Crippen LogP contribution in [0.2, 0.25) is 0 Å². The summed E-state index contributed by atoms with van der Waals surface area (Å²) in [4.78, 5) is 25.5. The van der Waals surface area contributed by atoms with Gasteiger partial charge in [0.2, 0.25) is 0 Å². The Hall–Kier alpha value is -5.62. The number of hydrogen-bond donors (Lipinski definition) is 2. The molecule has 0 saturated carbocycles. The highest BCUT2D eigenvalue weighted by Crippen LogP contribution is 2.33. The molecule has 0 radical (unpaired) electrons. The van der Waals surface area contributed by atoms with E-state index in [2.05, 4.69) is 22.5 Å². The standard InChI is InChI=1S/C52H65N3O8.H2/c1-5-33-52(3,4)51(58)62-37-16-10-9-15-36-61-49(56)40-21-25-42(26-22-40)54-55-48-32-31-47(45-17-11-12-18-46(45)48)53-38-39-19-27-44(28-20-39)63-50(57)41-23-29-43(30-24-41)60-35-14-8-7-13-34-59-6-2;/h11-12,17-32,51,53,58H,5-10,13-16,33-38H2,1-4H3;1H. The van der Waals surface area contributed by atoms with Crippen LogP contribution in [-0.2, 0) is 20.8 Å². The molecule has 5 rings (SSSR count). The van der Waals surface area contributed by atoms with Crippen molar-refractivity contribution in [3.63, 3.8) is 0 Å². The fourth-order valence-electron chi connectivity index (χ4n) is 7.01. The number of nitrogens with zero attached hydrogens (tertiary/aromatic N) is 2. The van der Waals surface area contributed by atoms with Crippen LogP contribution in [0.5, 0.6) is 11.5 Å². The minimum Gasteiger partial charge on any atom is -0.494 e. The molecule has 0 spiro atoms. The van der Waals surface area contributed by atoms with Gasteiger partial charge in [-0.25, -0.2) is 9.59 Å². The number of rotatable bonds is 28. The van der Waals surface area contributed by atoms with E-state index in [1.54, 1.807) is 60.7 Å². The van der Waals surface area contributed by atoms with Crippen molar-refractivity contribution in [1.29, 1.82) is 0 Å². The van der Waals surface area contributed by atoms with Gasteiger partial charge in [-0.2, -0.15) is 5.11 Å². The van der Waals surface area contributed by atoms with Crippen molar-refractivity contribution in [2.45, 2.75) is 105 Å². The number of unbranched alkanes of at least 4 members (excludes halogenated alkanes) is 6. The van der Waals surface area contributed by atoms with Crippen molar-refractivity contribution in [3.05, 3.63) is 126 Å². The Labute approximate surface area is 374 Å². The van der Waals surface area contributed by atoms with Gasteiger partial charge in [0.05, 0.1) is 35.7 Å². The summed E-state index contributed by atoms with van der Waals surface area (Å²) in [6.45, 7) is 11.8. The van der Waals surface area contributed by atoms with Gasteiger partial charge in [-0.05, 0) is 130 Å². The topological polar surface area (TPSA) is 137 Å². The molecule has 63 heavy (non-hydrogen) atoms. The molecule has 1 unspecified atom stereocenters. The quantitative estimate of drug-likeness (QED) is 0.0165. The molecule has 0 heterocycles. The molecule has 0 aliphatic rings. The zero-order valence-electron chi connectivity index (χ0n) is 37.5. The van der Waals surface area contributed by atoms with E-state index in [1.807, 2.05) is 69.3 Å². The van der Waals surface area contributed by atoms with Crippen molar-refractivity contribution < 1.29 is 39.8 Å². The van der Waals surface area contributed by atoms with Gasteiger partial charge >= 0.3 is 11.9 Å². The normalized spacial score (nSPS) is 12.1. The van der Waals surface area contributed by atoms with Crippen molar-refractivity contribution in [3.8, 4) is 11.5 Å². The zero-order chi connectivity index (χ0) is 44.7.